The SMILES string of the molecule is CC[C-](C)CCC1C=Cc2ccccc21.[Cl-].[Cl-].[Zr+4].c1ccc2c3c([cH-]c2c1)CC3. The fourth-order valence-electron chi connectivity index (χ4n) is 4.10. The van der Waals surface area contributed by atoms with Crippen molar-refractivity contribution in [2.24, 2.45) is 0 Å². The van der Waals surface area contributed by atoms with Crippen LogP contribution in [-0.4, -0.2) is 0 Å². The van der Waals surface area contributed by atoms with E-state index in [4.69, 9.17) is 0 Å². The fraction of sp³-hybridized carbons (Fsp3) is 0.308. The monoisotopic (exact) mass is 500 g/mol. The minimum absolute atomic E-state index is 0. The molecule has 3 aromatic carbocycles. The molecule has 0 aromatic heterocycles. The first-order valence-corrected chi connectivity index (χ1v) is 10.0. The van der Waals surface area contributed by atoms with E-state index in [2.05, 4.69) is 80.6 Å². The summed E-state index contributed by atoms with van der Waals surface area (Å²) in [6.07, 6.45) is 11.0. The van der Waals surface area contributed by atoms with Crippen LogP contribution in [0.5, 0.6) is 0 Å². The average molecular weight is 503 g/mol. The maximum atomic E-state index is 2.35. The van der Waals surface area contributed by atoms with Crippen LogP contribution in [0.25, 0.3) is 16.8 Å². The van der Waals surface area contributed by atoms with Crippen molar-refractivity contribution >= 4 is 16.8 Å². The van der Waals surface area contributed by atoms with Crippen molar-refractivity contribution < 1.29 is 51.0 Å². The molecule has 2 aliphatic carbocycles. The molecule has 0 spiro atoms. The Balaban J connectivity index is 0.000000270. The van der Waals surface area contributed by atoms with Gasteiger partial charge in [0, 0.05) is 5.92 Å². The van der Waals surface area contributed by atoms with E-state index in [0.717, 1.165) is 0 Å². The number of fused-ring (bicyclic) bond motifs is 4. The smallest absolute Gasteiger partial charge is 1.00 e. The van der Waals surface area contributed by atoms with Crippen molar-refractivity contribution in [3.8, 4) is 0 Å². The third-order valence-electron chi connectivity index (χ3n) is 6.04. The molecule has 0 saturated heterocycles. The molecule has 0 heterocycles. The summed E-state index contributed by atoms with van der Waals surface area (Å²) in [4.78, 5) is 0. The van der Waals surface area contributed by atoms with Crippen LogP contribution in [0.4, 0.5) is 0 Å². The number of benzene rings is 2. The quantitative estimate of drug-likeness (QED) is 0.471. The first-order chi connectivity index (χ1) is 12.8. The van der Waals surface area contributed by atoms with Gasteiger partial charge >= 0.3 is 26.2 Å². The Labute approximate surface area is 207 Å². The van der Waals surface area contributed by atoms with Crippen LogP contribution in [0.15, 0.2) is 60.7 Å². The van der Waals surface area contributed by atoms with Crippen molar-refractivity contribution in [1.82, 2.24) is 0 Å². The van der Waals surface area contributed by atoms with Crippen molar-refractivity contribution in [3.05, 3.63) is 88.8 Å². The molecule has 29 heavy (non-hydrogen) atoms. The Morgan fingerprint density at radius 3 is 2.45 bits per heavy atom. The molecule has 150 valence electrons. The summed E-state index contributed by atoms with van der Waals surface area (Å²) in [6, 6.07) is 19.7. The third kappa shape index (κ3) is 5.90. The van der Waals surface area contributed by atoms with E-state index < -0.39 is 0 Å². The predicted octanol–water partition coefficient (Wildman–Crippen LogP) is 1.24. The van der Waals surface area contributed by atoms with Crippen LogP contribution in [0.3, 0.4) is 0 Å². The standard InChI is InChI=1S/C15H19.C11H9.2ClH.Zr/c1-3-12(2)8-9-14-11-10-13-6-4-5-7-15(13)14;1-2-4-10-8(3-1)7-9-5-6-11(9)10;;;/h4-7,10-11,14H,3,8-9H2,1-2H3;1-4,7H,5-6H2;2*1H;/q2*-1;;;+4/p-2. The van der Waals surface area contributed by atoms with Gasteiger partial charge in [-0.1, -0.05) is 68.7 Å². The molecule has 0 amide bonds. The molecule has 0 saturated carbocycles. The first-order valence-electron chi connectivity index (χ1n) is 10.0. The van der Waals surface area contributed by atoms with Crippen molar-refractivity contribution in [1.29, 1.82) is 0 Å². The van der Waals surface area contributed by atoms with E-state index >= 15 is 0 Å². The second-order valence-electron chi connectivity index (χ2n) is 7.68. The summed E-state index contributed by atoms with van der Waals surface area (Å²) in [5, 5.41) is 2.91. The topological polar surface area (TPSA) is 0 Å². The summed E-state index contributed by atoms with van der Waals surface area (Å²) in [7, 11) is 0. The van der Waals surface area contributed by atoms with Gasteiger partial charge < -0.3 is 30.7 Å². The zero-order valence-corrected chi connectivity index (χ0v) is 21.2. The van der Waals surface area contributed by atoms with Crippen LogP contribution in [0.1, 0.15) is 61.3 Å². The van der Waals surface area contributed by atoms with Crippen LogP contribution < -0.4 is 24.8 Å². The number of hydrogen-bond acceptors (Lipinski definition) is 0. The van der Waals surface area contributed by atoms with Crippen LogP contribution in [-0.2, 0) is 39.0 Å². The van der Waals surface area contributed by atoms with Gasteiger partial charge in [0.15, 0.2) is 0 Å². The van der Waals surface area contributed by atoms with Crippen LogP contribution in [0.2, 0.25) is 0 Å². The molecule has 1 atom stereocenters. The molecule has 3 heteroatoms. The fourth-order valence-corrected chi connectivity index (χ4v) is 4.10. The zero-order chi connectivity index (χ0) is 17.9. The Morgan fingerprint density at radius 2 is 1.72 bits per heavy atom. The summed E-state index contributed by atoms with van der Waals surface area (Å²) < 4.78 is 0. The van der Waals surface area contributed by atoms with E-state index in [0.29, 0.717) is 5.92 Å². The minimum atomic E-state index is 0. The predicted molar refractivity (Wildman–Crippen MR) is 114 cm³/mol. The molecular weight excluding hydrogens is 474 g/mol. The zero-order valence-electron chi connectivity index (χ0n) is 17.2. The molecule has 5 rings (SSSR count). The molecule has 0 N–H and O–H groups in total. The molecule has 2 aliphatic rings. The maximum absolute atomic E-state index is 2.35. The number of halogens is 2. The van der Waals surface area contributed by atoms with Gasteiger partial charge in [0.25, 0.3) is 0 Å². The van der Waals surface area contributed by atoms with Gasteiger partial charge in [-0.25, -0.2) is 0 Å². The molecule has 1 unspecified atom stereocenters. The Morgan fingerprint density at radius 1 is 1.00 bits per heavy atom. The number of aryl methyl sites for hydroxylation is 2. The third-order valence-corrected chi connectivity index (χ3v) is 6.04. The number of allylic oxidation sites excluding steroid dienone is 1. The summed E-state index contributed by atoms with van der Waals surface area (Å²) >= 11 is 0. The average Bonchev–Trinajstić information content (AvgIpc) is 3.18. The largest absolute Gasteiger partial charge is 4.00 e. The van der Waals surface area contributed by atoms with E-state index in [1.807, 2.05) is 0 Å². The van der Waals surface area contributed by atoms with Crippen LogP contribution >= 0.6 is 0 Å². The van der Waals surface area contributed by atoms with Crippen molar-refractivity contribution in [3.63, 3.8) is 0 Å². The summed E-state index contributed by atoms with van der Waals surface area (Å²) in [5.74, 6) is 2.27. The molecule has 3 aromatic rings. The van der Waals surface area contributed by atoms with Gasteiger partial charge in [0.2, 0.25) is 0 Å². The molecule has 0 aliphatic heterocycles. The van der Waals surface area contributed by atoms with Gasteiger partial charge in [-0.2, -0.15) is 19.8 Å². The molecular formula is C26H28Cl2Zr. The maximum Gasteiger partial charge on any atom is 4.00 e. The first kappa shape index (κ1) is 26.3. The van der Waals surface area contributed by atoms with Gasteiger partial charge in [-0.3, -0.25) is 0 Å². The van der Waals surface area contributed by atoms with E-state index in [-0.39, 0.29) is 51.0 Å². The van der Waals surface area contributed by atoms with Gasteiger partial charge in [-0.15, -0.1) is 46.2 Å². The molecule has 0 bridgehead atoms. The summed E-state index contributed by atoms with van der Waals surface area (Å²) in [6.45, 7) is 4.51. The van der Waals surface area contributed by atoms with E-state index in [9.17, 15) is 0 Å². The van der Waals surface area contributed by atoms with Crippen molar-refractivity contribution in [2.45, 2.75) is 51.9 Å². The minimum Gasteiger partial charge on any atom is -1.00 e. The normalized spacial score (nSPS) is 15.1. The Kier molecular flexibility index (Phi) is 11.1. The number of rotatable bonds is 4. The Bertz CT molecular complexity index is 925. The molecule has 0 radical (unpaired) electrons. The van der Waals surface area contributed by atoms with Gasteiger partial charge in [0.1, 0.15) is 0 Å². The summed E-state index contributed by atoms with van der Waals surface area (Å²) in [5.41, 5.74) is 6.10. The van der Waals surface area contributed by atoms with Crippen LogP contribution in [0, 0.1) is 5.92 Å². The van der Waals surface area contributed by atoms with Gasteiger partial charge in [-0.05, 0) is 11.1 Å². The van der Waals surface area contributed by atoms with E-state index in [1.165, 1.54) is 54.0 Å². The Hall–Kier alpha value is -0.747. The van der Waals surface area contributed by atoms with E-state index in [1.54, 1.807) is 17.0 Å². The number of hydrogen-bond donors (Lipinski definition) is 0. The molecule has 0 fully saturated rings. The molecule has 0 nitrogen and oxygen atoms in total. The van der Waals surface area contributed by atoms with Gasteiger partial charge in [0.05, 0.1) is 0 Å². The second-order valence-corrected chi connectivity index (χ2v) is 7.68. The van der Waals surface area contributed by atoms with Crippen molar-refractivity contribution in [2.75, 3.05) is 0 Å². The second kappa shape index (κ2) is 12.2.